The van der Waals surface area contributed by atoms with Crippen LogP contribution in [0.3, 0.4) is 0 Å². The maximum Gasteiger partial charge on any atom is 0.0608 e. The summed E-state index contributed by atoms with van der Waals surface area (Å²) in [4.78, 5) is 2.55. The number of nitrogens with two attached hydrogens (primary N) is 1. The van der Waals surface area contributed by atoms with E-state index in [-0.39, 0.29) is 12.1 Å². The molecule has 0 amide bonds. The first-order chi connectivity index (χ1) is 7.57. The van der Waals surface area contributed by atoms with Crippen molar-refractivity contribution in [1.82, 2.24) is 4.90 Å². The van der Waals surface area contributed by atoms with Crippen LogP contribution in [0.25, 0.3) is 0 Å². The van der Waals surface area contributed by atoms with E-state index in [2.05, 4.69) is 11.8 Å². The van der Waals surface area contributed by atoms with Crippen LogP contribution < -0.4 is 5.73 Å². The minimum absolute atomic E-state index is 0.0887. The smallest absolute Gasteiger partial charge is 0.0608 e. The minimum atomic E-state index is -0.386. The molecule has 3 heteroatoms. The Morgan fingerprint density at radius 1 is 1.50 bits per heavy atom. The summed E-state index contributed by atoms with van der Waals surface area (Å²) >= 11 is 0. The molecular formula is C13H28N2O. The van der Waals surface area contributed by atoms with Crippen molar-refractivity contribution in [3.63, 3.8) is 0 Å². The zero-order chi connectivity index (χ0) is 12.0. The van der Waals surface area contributed by atoms with Crippen molar-refractivity contribution in [1.29, 1.82) is 0 Å². The highest BCUT2D eigenvalue weighted by Crippen LogP contribution is 2.21. The summed E-state index contributed by atoms with van der Waals surface area (Å²) in [7, 11) is 0. The molecule has 2 atom stereocenters. The van der Waals surface area contributed by atoms with E-state index in [0.717, 1.165) is 25.3 Å². The van der Waals surface area contributed by atoms with Gasteiger partial charge in [0.15, 0.2) is 0 Å². The fraction of sp³-hybridized carbons (Fsp3) is 1.00. The van der Waals surface area contributed by atoms with Crippen LogP contribution in [-0.4, -0.2) is 41.8 Å². The first-order valence-corrected chi connectivity index (χ1v) is 6.69. The average molecular weight is 228 g/mol. The van der Waals surface area contributed by atoms with Gasteiger partial charge in [0.05, 0.1) is 6.61 Å². The number of rotatable bonds is 7. The van der Waals surface area contributed by atoms with E-state index in [9.17, 15) is 0 Å². The molecule has 0 aliphatic carbocycles. The molecule has 0 aromatic carbocycles. The second-order valence-corrected chi connectivity index (χ2v) is 5.66. The Kier molecular flexibility index (Phi) is 5.73. The first-order valence-electron chi connectivity index (χ1n) is 6.69. The van der Waals surface area contributed by atoms with Gasteiger partial charge in [0.25, 0.3) is 0 Å². The third-order valence-corrected chi connectivity index (χ3v) is 3.65. The second-order valence-electron chi connectivity index (χ2n) is 5.66. The van der Waals surface area contributed by atoms with Crippen molar-refractivity contribution in [2.75, 3.05) is 26.2 Å². The molecule has 0 saturated carbocycles. The SMILES string of the molecule is CCCC1CCN(CCCC(C)(N)CO)C1. The zero-order valence-electron chi connectivity index (χ0n) is 10.9. The highest BCUT2D eigenvalue weighted by molar-refractivity contribution is 4.79. The molecule has 1 heterocycles. The Hall–Kier alpha value is -0.120. The Balaban J connectivity index is 2.11. The van der Waals surface area contributed by atoms with Gasteiger partial charge in [0.1, 0.15) is 0 Å². The normalized spacial score (nSPS) is 25.9. The molecule has 96 valence electrons. The first kappa shape index (κ1) is 13.9. The number of likely N-dealkylation sites (tertiary alicyclic amines) is 1. The molecule has 2 unspecified atom stereocenters. The van der Waals surface area contributed by atoms with Crippen LogP contribution in [-0.2, 0) is 0 Å². The third-order valence-electron chi connectivity index (χ3n) is 3.65. The molecule has 1 aliphatic rings. The highest BCUT2D eigenvalue weighted by atomic mass is 16.3. The third kappa shape index (κ3) is 4.81. The molecule has 1 aliphatic heterocycles. The molecular weight excluding hydrogens is 200 g/mol. The molecule has 1 fully saturated rings. The van der Waals surface area contributed by atoms with E-state index < -0.39 is 0 Å². The van der Waals surface area contributed by atoms with Crippen LogP contribution in [0.15, 0.2) is 0 Å². The van der Waals surface area contributed by atoms with Gasteiger partial charge in [0, 0.05) is 12.1 Å². The molecule has 3 nitrogen and oxygen atoms in total. The van der Waals surface area contributed by atoms with Gasteiger partial charge in [-0.05, 0) is 51.6 Å². The summed E-state index contributed by atoms with van der Waals surface area (Å²) in [6, 6.07) is 0. The van der Waals surface area contributed by atoms with Gasteiger partial charge in [-0.25, -0.2) is 0 Å². The van der Waals surface area contributed by atoms with Crippen LogP contribution in [0.2, 0.25) is 0 Å². The van der Waals surface area contributed by atoms with E-state index in [1.165, 1.54) is 32.4 Å². The summed E-state index contributed by atoms with van der Waals surface area (Å²) in [5.41, 5.74) is 5.52. The van der Waals surface area contributed by atoms with Crippen molar-refractivity contribution < 1.29 is 5.11 Å². The van der Waals surface area contributed by atoms with Gasteiger partial charge in [0.2, 0.25) is 0 Å². The van der Waals surface area contributed by atoms with Crippen molar-refractivity contribution in [2.24, 2.45) is 11.7 Å². The lowest BCUT2D eigenvalue weighted by molar-refractivity contribution is 0.191. The summed E-state index contributed by atoms with van der Waals surface area (Å²) in [6.07, 6.45) is 6.07. The molecule has 0 spiro atoms. The predicted octanol–water partition coefficient (Wildman–Crippen LogP) is 1.60. The fourth-order valence-corrected chi connectivity index (χ4v) is 2.55. The van der Waals surface area contributed by atoms with Crippen molar-refractivity contribution in [3.8, 4) is 0 Å². The van der Waals surface area contributed by atoms with Crippen molar-refractivity contribution in [3.05, 3.63) is 0 Å². The summed E-state index contributed by atoms with van der Waals surface area (Å²) in [5.74, 6) is 0.923. The van der Waals surface area contributed by atoms with Gasteiger partial charge < -0.3 is 15.7 Å². The van der Waals surface area contributed by atoms with Crippen LogP contribution in [0, 0.1) is 5.92 Å². The molecule has 3 N–H and O–H groups in total. The Labute approximate surface area is 100 Å². The Morgan fingerprint density at radius 3 is 2.88 bits per heavy atom. The van der Waals surface area contributed by atoms with Gasteiger partial charge in [-0.2, -0.15) is 0 Å². The highest BCUT2D eigenvalue weighted by Gasteiger charge is 2.22. The van der Waals surface area contributed by atoms with Crippen molar-refractivity contribution >= 4 is 0 Å². The van der Waals surface area contributed by atoms with E-state index >= 15 is 0 Å². The van der Waals surface area contributed by atoms with E-state index in [4.69, 9.17) is 10.8 Å². The maximum absolute atomic E-state index is 9.06. The standard InChI is InChI=1S/C13H28N2O/c1-3-5-12-6-9-15(10-12)8-4-7-13(2,14)11-16/h12,16H,3-11,14H2,1-2H3. The molecule has 0 bridgehead atoms. The van der Waals surface area contributed by atoms with E-state index in [1.807, 2.05) is 6.92 Å². The monoisotopic (exact) mass is 228 g/mol. The quantitative estimate of drug-likeness (QED) is 0.696. The number of nitrogens with zero attached hydrogens (tertiary/aromatic N) is 1. The number of hydrogen-bond donors (Lipinski definition) is 2. The van der Waals surface area contributed by atoms with Gasteiger partial charge in [-0.1, -0.05) is 13.3 Å². The molecule has 16 heavy (non-hydrogen) atoms. The Bertz CT molecular complexity index is 194. The lowest BCUT2D eigenvalue weighted by Crippen LogP contribution is -2.40. The van der Waals surface area contributed by atoms with Crippen LogP contribution in [0.4, 0.5) is 0 Å². The van der Waals surface area contributed by atoms with Crippen LogP contribution in [0.1, 0.15) is 46.0 Å². The molecule has 0 aromatic heterocycles. The van der Waals surface area contributed by atoms with Gasteiger partial charge in [-0.3, -0.25) is 0 Å². The minimum Gasteiger partial charge on any atom is -0.394 e. The number of aliphatic hydroxyl groups is 1. The lowest BCUT2D eigenvalue weighted by atomic mass is 9.98. The Morgan fingerprint density at radius 2 is 2.25 bits per heavy atom. The van der Waals surface area contributed by atoms with Gasteiger partial charge >= 0.3 is 0 Å². The largest absolute Gasteiger partial charge is 0.394 e. The average Bonchev–Trinajstić information content (AvgIpc) is 2.66. The van der Waals surface area contributed by atoms with Crippen molar-refractivity contribution in [2.45, 2.75) is 51.5 Å². The predicted molar refractivity (Wildman–Crippen MR) is 68.4 cm³/mol. The zero-order valence-corrected chi connectivity index (χ0v) is 10.9. The summed E-state index contributed by atoms with van der Waals surface area (Å²) in [6.45, 7) is 7.96. The second kappa shape index (κ2) is 6.58. The van der Waals surface area contributed by atoms with Gasteiger partial charge in [-0.15, -0.1) is 0 Å². The summed E-state index contributed by atoms with van der Waals surface area (Å²) in [5, 5.41) is 9.06. The molecule has 0 aromatic rings. The maximum atomic E-state index is 9.06. The van der Waals surface area contributed by atoms with Crippen LogP contribution in [0.5, 0.6) is 0 Å². The van der Waals surface area contributed by atoms with E-state index in [1.54, 1.807) is 0 Å². The van der Waals surface area contributed by atoms with Crippen LogP contribution >= 0.6 is 0 Å². The topological polar surface area (TPSA) is 49.5 Å². The molecule has 1 rings (SSSR count). The van der Waals surface area contributed by atoms with E-state index in [0.29, 0.717) is 0 Å². The number of aliphatic hydroxyl groups excluding tert-OH is 1. The molecule has 0 radical (unpaired) electrons. The number of hydrogen-bond acceptors (Lipinski definition) is 3. The summed E-state index contributed by atoms with van der Waals surface area (Å²) < 4.78 is 0. The fourth-order valence-electron chi connectivity index (χ4n) is 2.55. The molecule has 1 saturated heterocycles. The lowest BCUT2D eigenvalue weighted by Gasteiger charge is -2.23.